The summed E-state index contributed by atoms with van der Waals surface area (Å²) in [6.45, 7) is 2.98. The molecule has 3 aromatic rings. The Hall–Kier alpha value is -3.45. The first kappa shape index (κ1) is 24.3. The van der Waals surface area contributed by atoms with Gasteiger partial charge in [-0.25, -0.2) is 0 Å². The maximum atomic E-state index is 12.8. The third kappa shape index (κ3) is 5.85. The Labute approximate surface area is 216 Å². The predicted octanol–water partition coefficient (Wildman–Crippen LogP) is 4.54. The van der Waals surface area contributed by atoms with Crippen LogP contribution in [0.1, 0.15) is 36.3 Å². The molecular formula is C28H30ClN5O2. The zero-order valence-electron chi connectivity index (χ0n) is 20.1. The first-order valence-electron chi connectivity index (χ1n) is 12.5. The molecule has 0 saturated carbocycles. The average Bonchev–Trinajstić information content (AvgIpc) is 3.42. The fourth-order valence-corrected chi connectivity index (χ4v) is 5.20. The molecule has 2 aromatic carbocycles. The average molecular weight is 504 g/mol. The largest absolute Gasteiger partial charge is 0.354 e. The molecule has 0 bridgehead atoms. The molecule has 2 aliphatic heterocycles. The van der Waals surface area contributed by atoms with Gasteiger partial charge in [0.15, 0.2) is 5.82 Å². The molecule has 7 nitrogen and oxygen atoms in total. The summed E-state index contributed by atoms with van der Waals surface area (Å²) in [7, 11) is 0. The quantitative estimate of drug-likeness (QED) is 0.534. The van der Waals surface area contributed by atoms with E-state index in [9.17, 15) is 9.59 Å². The number of rotatable bonds is 6. The van der Waals surface area contributed by atoms with Gasteiger partial charge in [-0.05, 0) is 72.7 Å². The van der Waals surface area contributed by atoms with Gasteiger partial charge in [-0.3, -0.25) is 9.59 Å². The highest BCUT2D eigenvalue weighted by Crippen LogP contribution is 2.30. The van der Waals surface area contributed by atoms with Crippen LogP contribution in [0.2, 0.25) is 5.02 Å². The van der Waals surface area contributed by atoms with Crippen LogP contribution in [0.5, 0.6) is 0 Å². The predicted molar refractivity (Wildman–Crippen MR) is 141 cm³/mol. The molecule has 0 radical (unpaired) electrons. The molecule has 1 atom stereocenters. The van der Waals surface area contributed by atoms with E-state index in [4.69, 9.17) is 11.6 Å². The maximum Gasteiger partial charge on any atom is 0.229 e. The number of anilines is 2. The normalized spacial score (nSPS) is 18.3. The molecule has 2 aliphatic rings. The van der Waals surface area contributed by atoms with Gasteiger partial charge in [-0.1, -0.05) is 35.9 Å². The molecule has 186 valence electrons. The minimum absolute atomic E-state index is 0.0432. The van der Waals surface area contributed by atoms with Gasteiger partial charge < -0.3 is 15.1 Å². The number of carbonyl (C=O) groups is 2. The molecule has 36 heavy (non-hydrogen) atoms. The van der Waals surface area contributed by atoms with Crippen molar-refractivity contribution in [3.8, 4) is 0 Å². The van der Waals surface area contributed by atoms with Crippen molar-refractivity contribution in [1.29, 1.82) is 0 Å². The highest BCUT2D eigenvalue weighted by atomic mass is 35.5. The molecule has 1 aromatic heterocycles. The lowest BCUT2D eigenvalue weighted by atomic mass is 9.89. The van der Waals surface area contributed by atoms with Gasteiger partial charge in [-0.2, -0.15) is 5.10 Å². The van der Waals surface area contributed by atoms with Crippen LogP contribution in [-0.2, 0) is 16.0 Å². The molecule has 5 rings (SSSR count). The smallest absolute Gasteiger partial charge is 0.229 e. The van der Waals surface area contributed by atoms with E-state index in [1.54, 1.807) is 6.20 Å². The molecule has 1 N–H and O–H groups in total. The molecule has 3 heterocycles. The van der Waals surface area contributed by atoms with Crippen molar-refractivity contribution in [2.24, 2.45) is 5.92 Å². The molecule has 1 unspecified atom stereocenters. The highest BCUT2D eigenvalue weighted by Gasteiger charge is 2.29. The van der Waals surface area contributed by atoms with Crippen LogP contribution in [0.25, 0.3) is 0 Å². The summed E-state index contributed by atoms with van der Waals surface area (Å²) >= 11 is 5.94. The van der Waals surface area contributed by atoms with E-state index in [-0.39, 0.29) is 17.7 Å². The number of amides is 2. The second-order valence-electron chi connectivity index (χ2n) is 9.58. The Kier molecular flexibility index (Phi) is 7.47. The monoisotopic (exact) mass is 503 g/mol. The zero-order valence-corrected chi connectivity index (χ0v) is 20.9. The summed E-state index contributed by atoms with van der Waals surface area (Å²) in [4.78, 5) is 29.6. The SMILES string of the molecule is O=C(Nc1ccc(C2CCN(C(=O)Cc3ccc(Cl)cc3)CC2)cc1)C1CCN(c2cccnn2)C1. The molecular weight excluding hydrogens is 474 g/mol. The minimum atomic E-state index is -0.0681. The summed E-state index contributed by atoms with van der Waals surface area (Å²) in [5.41, 5.74) is 3.06. The zero-order chi connectivity index (χ0) is 24.9. The van der Waals surface area contributed by atoms with E-state index in [0.29, 0.717) is 23.9 Å². The Balaban J connectivity index is 1.09. The lowest BCUT2D eigenvalue weighted by Crippen LogP contribution is -2.38. The van der Waals surface area contributed by atoms with Crippen LogP contribution in [-0.4, -0.2) is 53.1 Å². The Morgan fingerprint density at radius 1 is 0.944 bits per heavy atom. The van der Waals surface area contributed by atoms with Gasteiger partial charge in [0.2, 0.25) is 11.8 Å². The fraction of sp³-hybridized carbons (Fsp3) is 0.357. The molecule has 0 aliphatic carbocycles. The van der Waals surface area contributed by atoms with Gasteiger partial charge in [0.25, 0.3) is 0 Å². The van der Waals surface area contributed by atoms with E-state index in [2.05, 4.69) is 32.5 Å². The summed E-state index contributed by atoms with van der Waals surface area (Å²) in [5, 5.41) is 11.8. The number of halogens is 1. The van der Waals surface area contributed by atoms with E-state index in [0.717, 1.165) is 56.0 Å². The van der Waals surface area contributed by atoms with Crippen molar-refractivity contribution >= 4 is 34.9 Å². The molecule has 2 fully saturated rings. The molecule has 2 saturated heterocycles. The van der Waals surface area contributed by atoms with E-state index in [1.807, 2.05) is 53.4 Å². The number of hydrogen-bond acceptors (Lipinski definition) is 5. The van der Waals surface area contributed by atoms with Crippen LogP contribution >= 0.6 is 11.6 Å². The summed E-state index contributed by atoms with van der Waals surface area (Å²) in [6.07, 6.45) is 4.75. The number of nitrogens with one attached hydrogen (secondary N) is 1. The van der Waals surface area contributed by atoms with Gasteiger partial charge in [0.1, 0.15) is 0 Å². The van der Waals surface area contributed by atoms with Gasteiger partial charge in [-0.15, -0.1) is 5.10 Å². The standard InChI is InChI=1S/C28H30ClN5O2/c29-24-7-3-20(4-8-24)18-27(35)33-15-11-22(12-16-33)21-5-9-25(10-6-21)31-28(36)23-13-17-34(19-23)26-2-1-14-30-32-26/h1-10,14,22-23H,11-13,15-19H2,(H,31,36). The maximum absolute atomic E-state index is 12.8. The summed E-state index contributed by atoms with van der Waals surface area (Å²) in [5.74, 6) is 1.38. The highest BCUT2D eigenvalue weighted by molar-refractivity contribution is 6.30. The van der Waals surface area contributed by atoms with Crippen molar-refractivity contribution in [2.45, 2.75) is 31.6 Å². The lowest BCUT2D eigenvalue weighted by molar-refractivity contribution is -0.131. The van der Waals surface area contributed by atoms with Crippen molar-refractivity contribution in [1.82, 2.24) is 15.1 Å². The van der Waals surface area contributed by atoms with Gasteiger partial charge in [0.05, 0.1) is 12.3 Å². The molecule has 0 spiro atoms. The molecule has 2 amide bonds. The van der Waals surface area contributed by atoms with E-state index in [1.165, 1.54) is 5.56 Å². The van der Waals surface area contributed by atoms with Gasteiger partial charge in [0, 0.05) is 43.1 Å². The van der Waals surface area contributed by atoms with Gasteiger partial charge >= 0.3 is 0 Å². The molecule has 8 heteroatoms. The number of aromatic nitrogens is 2. The number of hydrogen-bond donors (Lipinski definition) is 1. The fourth-order valence-electron chi connectivity index (χ4n) is 5.08. The van der Waals surface area contributed by atoms with Crippen molar-refractivity contribution < 1.29 is 9.59 Å². The summed E-state index contributed by atoms with van der Waals surface area (Å²) < 4.78 is 0. The van der Waals surface area contributed by atoms with Crippen LogP contribution in [0.4, 0.5) is 11.5 Å². The van der Waals surface area contributed by atoms with Crippen molar-refractivity contribution in [3.05, 3.63) is 83.0 Å². The number of nitrogens with zero attached hydrogens (tertiary/aromatic N) is 4. The van der Waals surface area contributed by atoms with E-state index < -0.39 is 0 Å². The summed E-state index contributed by atoms with van der Waals surface area (Å²) in [6, 6.07) is 19.4. The first-order chi connectivity index (χ1) is 17.5. The number of piperidine rings is 1. The van der Waals surface area contributed by atoms with Crippen LogP contribution in [0.3, 0.4) is 0 Å². The first-order valence-corrected chi connectivity index (χ1v) is 12.9. The van der Waals surface area contributed by atoms with Crippen LogP contribution in [0.15, 0.2) is 66.9 Å². The van der Waals surface area contributed by atoms with Crippen LogP contribution < -0.4 is 10.2 Å². The topological polar surface area (TPSA) is 78.4 Å². The Morgan fingerprint density at radius 3 is 2.39 bits per heavy atom. The number of carbonyl (C=O) groups excluding carboxylic acids is 2. The van der Waals surface area contributed by atoms with Crippen molar-refractivity contribution in [2.75, 3.05) is 36.4 Å². The minimum Gasteiger partial charge on any atom is -0.354 e. The van der Waals surface area contributed by atoms with E-state index >= 15 is 0 Å². The number of benzene rings is 2. The number of likely N-dealkylation sites (tertiary alicyclic amines) is 1. The third-order valence-corrected chi connectivity index (χ3v) is 7.46. The van der Waals surface area contributed by atoms with Crippen LogP contribution in [0, 0.1) is 5.92 Å². The third-order valence-electron chi connectivity index (χ3n) is 7.21. The Bertz CT molecular complexity index is 1180. The van der Waals surface area contributed by atoms with Crippen molar-refractivity contribution in [3.63, 3.8) is 0 Å². The second kappa shape index (κ2) is 11.1. The lowest BCUT2D eigenvalue weighted by Gasteiger charge is -2.32. The Morgan fingerprint density at radius 2 is 1.69 bits per heavy atom. The second-order valence-corrected chi connectivity index (χ2v) is 10.0.